The summed E-state index contributed by atoms with van der Waals surface area (Å²) in [7, 11) is 0. The van der Waals surface area contributed by atoms with E-state index in [-0.39, 0.29) is 5.82 Å². The lowest BCUT2D eigenvalue weighted by Crippen LogP contribution is -2.04. The zero-order valence-corrected chi connectivity index (χ0v) is 15.7. The van der Waals surface area contributed by atoms with Crippen molar-refractivity contribution in [1.29, 1.82) is 0 Å². The van der Waals surface area contributed by atoms with Crippen molar-refractivity contribution in [2.24, 2.45) is 5.92 Å². The quantitative estimate of drug-likeness (QED) is 0.491. The highest BCUT2D eigenvalue weighted by molar-refractivity contribution is 7.17. The molecule has 26 heavy (non-hydrogen) atoms. The predicted octanol–water partition coefficient (Wildman–Crippen LogP) is 5.33. The van der Waals surface area contributed by atoms with Gasteiger partial charge in [-0.2, -0.15) is 5.10 Å². The average molecular weight is 366 g/mol. The van der Waals surface area contributed by atoms with Crippen molar-refractivity contribution in [2.45, 2.75) is 27.3 Å². The summed E-state index contributed by atoms with van der Waals surface area (Å²) >= 11 is 1.64. The van der Waals surface area contributed by atoms with E-state index < -0.39 is 0 Å². The standard InChI is InChI=1S/C20H19FN4S/c1-12(2)8-25-9-16(18(24-25)14-4-6-15(21)7-5-14)19-20-17(22-11-23-19)13(3)10-26-20/h4-7,9-12H,8H2,1-3H3. The highest BCUT2D eigenvalue weighted by atomic mass is 32.1. The molecule has 4 rings (SSSR count). The van der Waals surface area contributed by atoms with E-state index in [1.807, 2.05) is 10.9 Å². The number of halogens is 1. The van der Waals surface area contributed by atoms with Crippen LogP contribution in [-0.4, -0.2) is 19.7 Å². The molecule has 0 aliphatic heterocycles. The number of hydrogen-bond donors (Lipinski definition) is 0. The van der Waals surface area contributed by atoms with Gasteiger partial charge in [0, 0.05) is 23.9 Å². The van der Waals surface area contributed by atoms with E-state index in [0.29, 0.717) is 5.92 Å². The van der Waals surface area contributed by atoms with Gasteiger partial charge in [-0.1, -0.05) is 13.8 Å². The molecule has 0 radical (unpaired) electrons. The van der Waals surface area contributed by atoms with E-state index in [2.05, 4.69) is 36.1 Å². The Hall–Kier alpha value is -2.60. The molecule has 0 saturated carbocycles. The first kappa shape index (κ1) is 16.8. The Balaban J connectivity index is 1.93. The van der Waals surface area contributed by atoms with Gasteiger partial charge in [0.2, 0.25) is 0 Å². The number of benzene rings is 1. The van der Waals surface area contributed by atoms with Crippen molar-refractivity contribution >= 4 is 21.6 Å². The summed E-state index contributed by atoms with van der Waals surface area (Å²) in [6, 6.07) is 6.45. The minimum Gasteiger partial charge on any atom is -0.271 e. The molecule has 3 heterocycles. The van der Waals surface area contributed by atoms with E-state index in [1.165, 1.54) is 12.1 Å². The van der Waals surface area contributed by atoms with Gasteiger partial charge in [0.15, 0.2) is 0 Å². The van der Waals surface area contributed by atoms with Gasteiger partial charge in [-0.3, -0.25) is 4.68 Å². The molecule has 4 nitrogen and oxygen atoms in total. The molecule has 3 aromatic heterocycles. The third kappa shape index (κ3) is 3.01. The number of fused-ring (bicyclic) bond motifs is 1. The fraction of sp³-hybridized carbons (Fsp3) is 0.250. The summed E-state index contributed by atoms with van der Waals surface area (Å²) in [6.45, 7) is 7.18. The molecule has 4 aromatic rings. The maximum atomic E-state index is 13.4. The number of nitrogens with zero attached hydrogens (tertiary/aromatic N) is 4. The molecule has 0 fully saturated rings. The second kappa shape index (κ2) is 6.61. The number of aromatic nitrogens is 4. The summed E-state index contributed by atoms with van der Waals surface area (Å²) in [5.41, 5.74) is 5.64. The van der Waals surface area contributed by atoms with Crippen molar-refractivity contribution < 1.29 is 4.39 Å². The first-order valence-corrected chi connectivity index (χ1v) is 9.43. The fourth-order valence-electron chi connectivity index (χ4n) is 3.04. The van der Waals surface area contributed by atoms with Crippen LogP contribution in [0.2, 0.25) is 0 Å². The molecular formula is C20H19FN4S. The number of hydrogen-bond acceptors (Lipinski definition) is 4. The number of thiophene rings is 1. The minimum atomic E-state index is -0.254. The summed E-state index contributed by atoms with van der Waals surface area (Å²) in [6.07, 6.45) is 3.64. The van der Waals surface area contributed by atoms with E-state index >= 15 is 0 Å². The molecule has 132 valence electrons. The van der Waals surface area contributed by atoms with Crippen molar-refractivity contribution in [3.8, 4) is 22.5 Å². The maximum absolute atomic E-state index is 13.4. The molecular weight excluding hydrogens is 347 g/mol. The fourth-order valence-corrected chi connectivity index (χ4v) is 4.05. The van der Waals surface area contributed by atoms with Crippen LogP contribution in [-0.2, 0) is 6.54 Å². The lowest BCUT2D eigenvalue weighted by molar-refractivity contribution is 0.484. The molecule has 0 aliphatic carbocycles. The average Bonchev–Trinajstić information content (AvgIpc) is 3.19. The van der Waals surface area contributed by atoms with Crippen LogP contribution in [0.3, 0.4) is 0 Å². The molecule has 6 heteroatoms. The van der Waals surface area contributed by atoms with Crippen LogP contribution in [0.15, 0.2) is 42.2 Å². The first-order valence-electron chi connectivity index (χ1n) is 8.55. The molecule has 0 bridgehead atoms. The molecule has 0 amide bonds. The molecule has 1 aromatic carbocycles. The summed E-state index contributed by atoms with van der Waals surface area (Å²) in [5, 5.41) is 6.87. The van der Waals surface area contributed by atoms with Crippen LogP contribution < -0.4 is 0 Å². The Morgan fingerprint density at radius 1 is 1.12 bits per heavy atom. The predicted molar refractivity (Wildman–Crippen MR) is 104 cm³/mol. The molecule has 0 spiro atoms. The van der Waals surface area contributed by atoms with Gasteiger partial charge < -0.3 is 0 Å². The third-order valence-electron chi connectivity index (χ3n) is 4.22. The highest BCUT2D eigenvalue weighted by Crippen LogP contribution is 2.36. The van der Waals surface area contributed by atoms with Crippen LogP contribution >= 0.6 is 11.3 Å². The largest absolute Gasteiger partial charge is 0.271 e. The second-order valence-corrected chi connectivity index (χ2v) is 7.71. The Bertz CT molecular complexity index is 1060. The molecule has 0 aliphatic rings. The lowest BCUT2D eigenvalue weighted by atomic mass is 10.1. The van der Waals surface area contributed by atoms with E-state index in [0.717, 1.165) is 44.8 Å². The normalized spacial score (nSPS) is 11.6. The van der Waals surface area contributed by atoms with E-state index in [1.54, 1.807) is 29.8 Å². The Kier molecular flexibility index (Phi) is 4.28. The van der Waals surface area contributed by atoms with Crippen molar-refractivity contribution in [1.82, 2.24) is 19.7 Å². The van der Waals surface area contributed by atoms with Gasteiger partial charge in [-0.15, -0.1) is 11.3 Å². The maximum Gasteiger partial charge on any atom is 0.123 e. The Labute approximate surface area is 155 Å². The lowest BCUT2D eigenvalue weighted by Gasteiger charge is -2.03. The van der Waals surface area contributed by atoms with Gasteiger partial charge in [0.25, 0.3) is 0 Å². The minimum absolute atomic E-state index is 0.254. The SMILES string of the molecule is Cc1csc2c(-c3cn(CC(C)C)nc3-c3ccc(F)cc3)ncnc12. The Morgan fingerprint density at radius 3 is 2.62 bits per heavy atom. The summed E-state index contributed by atoms with van der Waals surface area (Å²) in [4.78, 5) is 8.98. The molecule has 0 atom stereocenters. The van der Waals surface area contributed by atoms with Crippen molar-refractivity contribution in [2.75, 3.05) is 0 Å². The van der Waals surface area contributed by atoms with Gasteiger partial charge in [-0.25, -0.2) is 14.4 Å². The van der Waals surface area contributed by atoms with Crippen molar-refractivity contribution in [3.05, 3.63) is 53.6 Å². The monoisotopic (exact) mass is 366 g/mol. The van der Waals surface area contributed by atoms with Crippen LogP contribution in [0.1, 0.15) is 19.4 Å². The van der Waals surface area contributed by atoms with Crippen LogP contribution in [0, 0.1) is 18.7 Å². The zero-order chi connectivity index (χ0) is 18.3. The summed E-state index contributed by atoms with van der Waals surface area (Å²) < 4.78 is 16.4. The molecule has 0 saturated heterocycles. The van der Waals surface area contributed by atoms with E-state index in [9.17, 15) is 4.39 Å². The van der Waals surface area contributed by atoms with Gasteiger partial charge in [0.1, 0.15) is 17.8 Å². The molecule has 0 N–H and O–H groups in total. The van der Waals surface area contributed by atoms with Gasteiger partial charge in [-0.05, 0) is 48.1 Å². The van der Waals surface area contributed by atoms with Crippen molar-refractivity contribution in [3.63, 3.8) is 0 Å². The Morgan fingerprint density at radius 2 is 1.88 bits per heavy atom. The zero-order valence-electron chi connectivity index (χ0n) is 14.9. The third-order valence-corrected chi connectivity index (χ3v) is 5.31. The van der Waals surface area contributed by atoms with Crippen LogP contribution in [0.5, 0.6) is 0 Å². The van der Waals surface area contributed by atoms with Gasteiger partial charge in [0.05, 0.1) is 15.9 Å². The first-order chi connectivity index (χ1) is 12.5. The van der Waals surface area contributed by atoms with Crippen LogP contribution in [0.25, 0.3) is 32.7 Å². The van der Waals surface area contributed by atoms with Crippen LogP contribution in [0.4, 0.5) is 4.39 Å². The highest BCUT2D eigenvalue weighted by Gasteiger charge is 2.19. The number of aryl methyl sites for hydroxylation is 1. The smallest absolute Gasteiger partial charge is 0.123 e. The van der Waals surface area contributed by atoms with Gasteiger partial charge >= 0.3 is 0 Å². The van der Waals surface area contributed by atoms with E-state index in [4.69, 9.17) is 5.10 Å². The topological polar surface area (TPSA) is 43.6 Å². The summed E-state index contributed by atoms with van der Waals surface area (Å²) in [5.74, 6) is 0.216. The second-order valence-electron chi connectivity index (χ2n) is 6.83. The molecule has 0 unspecified atom stereocenters. The number of rotatable bonds is 4.